The number of carbonyl (C=O) groups is 2. The van der Waals surface area contributed by atoms with E-state index in [9.17, 15) is 9.59 Å². The second-order valence-electron chi connectivity index (χ2n) is 6.06. The van der Waals surface area contributed by atoms with Crippen LogP contribution < -0.4 is 11.1 Å². The number of nitrogens with zero attached hydrogens (tertiary/aromatic N) is 5. The predicted molar refractivity (Wildman–Crippen MR) is 86.5 cm³/mol. The molecule has 2 heterocycles. The van der Waals surface area contributed by atoms with Crippen LogP contribution in [0.15, 0.2) is 6.20 Å². The highest BCUT2D eigenvalue weighted by Gasteiger charge is 2.30. The van der Waals surface area contributed by atoms with Gasteiger partial charge >= 0.3 is 0 Å². The SMILES string of the molecule is Cc1nn(C(=O)Cn2cc(NC(=O)C3CC3)nn2)c(C)c1CCN. The van der Waals surface area contributed by atoms with E-state index in [1.54, 1.807) is 6.20 Å². The van der Waals surface area contributed by atoms with Crippen LogP contribution in [-0.4, -0.2) is 43.1 Å². The van der Waals surface area contributed by atoms with Gasteiger partial charge in [0.1, 0.15) is 6.54 Å². The van der Waals surface area contributed by atoms with Crippen LogP contribution in [0, 0.1) is 19.8 Å². The van der Waals surface area contributed by atoms with Crippen LogP contribution in [0.5, 0.6) is 0 Å². The Kier molecular flexibility index (Phi) is 4.43. The number of rotatable bonds is 6. The van der Waals surface area contributed by atoms with Crippen molar-refractivity contribution in [2.24, 2.45) is 11.7 Å². The second kappa shape index (κ2) is 6.52. The first kappa shape index (κ1) is 16.3. The second-order valence-corrected chi connectivity index (χ2v) is 6.06. The van der Waals surface area contributed by atoms with Gasteiger partial charge in [0.05, 0.1) is 11.9 Å². The molecule has 128 valence electrons. The quantitative estimate of drug-likeness (QED) is 0.784. The molecule has 2 aromatic rings. The molecule has 1 aliphatic rings. The summed E-state index contributed by atoms with van der Waals surface area (Å²) in [5.41, 5.74) is 8.20. The van der Waals surface area contributed by atoms with Crippen LogP contribution in [0.3, 0.4) is 0 Å². The van der Waals surface area contributed by atoms with Gasteiger partial charge < -0.3 is 11.1 Å². The minimum absolute atomic E-state index is 0.00365. The molecule has 0 spiro atoms. The zero-order valence-electron chi connectivity index (χ0n) is 13.8. The molecule has 2 aromatic heterocycles. The van der Waals surface area contributed by atoms with E-state index < -0.39 is 0 Å². The molecule has 0 radical (unpaired) electrons. The molecule has 0 unspecified atom stereocenters. The number of aryl methyl sites for hydroxylation is 1. The highest BCUT2D eigenvalue weighted by atomic mass is 16.2. The number of amides is 1. The van der Waals surface area contributed by atoms with Crippen molar-refractivity contribution in [3.8, 4) is 0 Å². The minimum Gasteiger partial charge on any atom is -0.330 e. The molecule has 3 N–H and O–H groups in total. The smallest absolute Gasteiger partial charge is 0.268 e. The van der Waals surface area contributed by atoms with Crippen molar-refractivity contribution in [3.63, 3.8) is 0 Å². The number of aromatic nitrogens is 5. The van der Waals surface area contributed by atoms with Crippen molar-refractivity contribution in [3.05, 3.63) is 23.1 Å². The Morgan fingerprint density at radius 2 is 2.12 bits per heavy atom. The van der Waals surface area contributed by atoms with Crippen LogP contribution in [-0.2, 0) is 17.8 Å². The van der Waals surface area contributed by atoms with E-state index in [0.29, 0.717) is 18.8 Å². The van der Waals surface area contributed by atoms with E-state index in [0.717, 1.165) is 29.8 Å². The van der Waals surface area contributed by atoms with E-state index in [-0.39, 0.29) is 24.3 Å². The number of nitrogens with one attached hydrogen (secondary N) is 1. The van der Waals surface area contributed by atoms with E-state index >= 15 is 0 Å². The monoisotopic (exact) mass is 331 g/mol. The number of anilines is 1. The molecule has 24 heavy (non-hydrogen) atoms. The molecule has 0 aliphatic heterocycles. The fraction of sp³-hybridized carbons (Fsp3) is 0.533. The van der Waals surface area contributed by atoms with Gasteiger partial charge in [0.25, 0.3) is 5.91 Å². The normalized spacial score (nSPS) is 14.0. The van der Waals surface area contributed by atoms with Crippen LogP contribution in [0.2, 0.25) is 0 Å². The summed E-state index contributed by atoms with van der Waals surface area (Å²) in [5, 5.41) is 14.7. The Balaban J connectivity index is 1.67. The van der Waals surface area contributed by atoms with Crippen LogP contribution in [0.1, 0.15) is 34.6 Å². The third-order valence-corrected chi connectivity index (χ3v) is 4.11. The highest BCUT2D eigenvalue weighted by molar-refractivity contribution is 5.93. The first-order valence-corrected chi connectivity index (χ1v) is 7.99. The Bertz CT molecular complexity index is 773. The molecular formula is C15H21N7O2. The van der Waals surface area contributed by atoms with Crippen LogP contribution in [0.4, 0.5) is 5.82 Å². The van der Waals surface area contributed by atoms with Crippen LogP contribution in [0.25, 0.3) is 0 Å². The van der Waals surface area contributed by atoms with E-state index in [2.05, 4.69) is 20.7 Å². The lowest BCUT2D eigenvalue weighted by Gasteiger charge is -2.04. The summed E-state index contributed by atoms with van der Waals surface area (Å²) in [4.78, 5) is 24.1. The predicted octanol–water partition coefficient (Wildman–Crippen LogP) is 0.282. The van der Waals surface area contributed by atoms with Crippen molar-refractivity contribution in [1.29, 1.82) is 0 Å². The summed E-state index contributed by atoms with van der Waals surface area (Å²) in [5.74, 6) is 0.187. The van der Waals surface area contributed by atoms with Gasteiger partial charge in [-0.3, -0.25) is 9.59 Å². The largest absolute Gasteiger partial charge is 0.330 e. The molecule has 0 bridgehead atoms. The Hall–Kier alpha value is -2.55. The van der Waals surface area contributed by atoms with Gasteiger partial charge in [0.15, 0.2) is 5.82 Å². The molecule has 9 heteroatoms. The van der Waals surface area contributed by atoms with Gasteiger partial charge in [-0.1, -0.05) is 5.21 Å². The van der Waals surface area contributed by atoms with E-state index in [1.807, 2.05) is 13.8 Å². The third-order valence-electron chi connectivity index (χ3n) is 4.11. The zero-order chi connectivity index (χ0) is 17.3. The molecule has 9 nitrogen and oxygen atoms in total. The molecule has 0 atom stereocenters. The zero-order valence-corrected chi connectivity index (χ0v) is 13.8. The maximum atomic E-state index is 12.4. The lowest BCUT2D eigenvalue weighted by Crippen LogP contribution is -2.21. The topological polar surface area (TPSA) is 121 Å². The van der Waals surface area contributed by atoms with Crippen LogP contribution >= 0.6 is 0 Å². The van der Waals surface area contributed by atoms with Crippen molar-refractivity contribution in [2.45, 2.75) is 39.7 Å². The van der Waals surface area contributed by atoms with Crippen molar-refractivity contribution >= 4 is 17.6 Å². The maximum absolute atomic E-state index is 12.4. The molecule has 1 saturated carbocycles. The standard InChI is InChI=1S/C15H21N7O2/c1-9-12(5-6-16)10(2)22(19-9)14(23)8-21-7-13(18-20-21)17-15(24)11-3-4-11/h7,11H,3-6,8,16H2,1-2H3,(H,17,24). The van der Waals surface area contributed by atoms with Crippen molar-refractivity contribution in [1.82, 2.24) is 24.8 Å². The van der Waals surface area contributed by atoms with Gasteiger partial charge in [-0.25, -0.2) is 9.36 Å². The van der Waals surface area contributed by atoms with Gasteiger partial charge in [-0.05, 0) is 45.2 Å². The van der Waals surface area contributed by atoms with Crippen molar-refractivity contribution < 1.29 is 9.59 Å². The molecule has 1 amide bonds. The summed E-state index contributed by atoms with van der Waals surface area (Å²) in [6, 6.07) is 0. The number of hydrogen-bond acceptors (Lipinski definition) is 6. The lowest BCUT2D eigenvalue weighted by molar-refractivity contribution is -0.117. The Labute approximate surface area is 139 Å². The Morgan fingerprint density at radius 1 is 1.38 bits per heavy atom. The Morgan fingerprint density at radius 3 is 2.79 bits per heavy atom. The van der Waals surface area contributed by atoms with Gasteiger partial charge in [-0.2, -0.15) is 5.10 Å². The lowest BCUT2D eigenvalue weighted by atomic mass is 10.1. The molecule has 0 aromatic carbocycles. The molecule has 3 rings (SSSR count). The average molecular weight is 331 g/mol. The third kappa shape index (κ3) is 3.35. The van der Waals surface area contributed by atoms with Gasteiger partial charge in [-0.15, -0.1) is 5.10 Å². The molecule has 1 fully saturated rings. The molecular weight excluding hydrogens is 310 g/mol. The summed E-state index contributed by atoms with van der Waals surface area (Å²) >= 11 is 0. The van der Waals surface area contributed by atoms with E-state index in [1.165, 1.54) is 9.36 Å². The maximum Gasteiger partial charge on any atom is 0.268 e. The summed E-state index contributed by atoms with van der Waals surface area (Å²) in [7, 11) is 0. The summed E-state index contributed by atoms with van der Waals surface area (Å²) in [6.45, 7) is 4.22. The number of hydrogen-bond donors (Lipinski definition) is 2. The number of carbonyl (C=O) groups excluding carboxylic acids is 2. The fourth-order valence-electron chi connectivity index (χ4n) is 2.64. The van der Waals surface area contributed by atoms with Gasteiger partial charge in [0, 0.05) is 11.6 Å². The van der Waals surface area contributed by atoms with E-state index in [4.69, 9.17) is 5.73 Å². The van der Waals surface area contributed by atoms with Gasteiger partial charge in [0.2, 0.25) is 5.91 Å². The molecule has 1 aliphatic carbocycles. The molecule has 0 saturated heterocycles. The first-order chi connectivity index (χ1) is 11.5. The van der Waals surface area contributed by atoms with Crippen molar-refractivity contribution in [2.75, 3.05) is 11.9 Å². The first-order valence-electron chi connectivity index (χ1n) is 7.99. The fourth-order valence-corrected chi connectivity index (χ4v) is 2.64. The summed E-state index contributed by atoms with van der Waals surface area (Å²) < 4.78 is 2.77. The average Bonchev–Trinajstić information content (AvgIpc) is 3.25. The minimum atomic E-state index is -0.219. The summed E-state index contributed by atoms with van der Waals surface area (Å²) in [6.07, 6.45) is 4.07. The number of nitrogens with two attached hydrogens (primary N) is 1. The highest BCUT2D eigenvalue weighted by Crippen LogP contribution is 2.29.